The predicted octanol–water partition coefficient (Wildman–Crippen LogP) is 4.26. The van der Waals surface area contributed by atoms with E-state index < -0.39 is 36.1 Å². The van der Waals surface area contributed by atoms with E-state index in [2.05, 4.69) is 17.4 Å². The molecule has 0 saturated carbocycles. The van der Waals surface area contributed by atoms with Gasteiger partial charge in [-0.1, -0.05) is 62.4 Å². The fraction of sp³-hybridized carbons (Fsp3) is 0.423. The molecule has 0 spiro atoms. The number of nitrogens with zero attached hydrogens (tertiary/aromatic N) is 1. The van der Waals surface area contributed by atoms with Crippen LogP contribution in [0.5, 0.6) is 0 Å². The molecule has 33 heavy (non-hydrogen) atoms. The van der Waals surface area contributed by atoms with E-state index in [-0.39, 0.29) is 18.4 Å². The average molecular weight is 453 g/mol. The van der Waals surface area contributed by atoms with E-state index in [0.29, 0.717) is 0 Å². The van der Waals surface area contributed by atoms with Gasteiger partial charge in [-0.25, -0.2) is 4.79 Å². The molecular weight excluding hydrogens is 420 g/mol. The highest BCUT2D eigenvalue weighted by atomic mass is 16.5. The Morgan fingerprint density at radius 3 is 1.97 bits per heavy atom. The van der Waals surface area contributed by atoms with E-state index in [0.717, 1.165) is 22.3 Å². The Kier molecular flexibility index (Phi) is 7.10. The van der Waals surface area contributed by atoms with Gasteiger partial charge >= 0.3 is 12.1 Å². The van der Waals surface area contributed by atoms with Crippen molar-refractivity contribution in [1.29, 1.82) is 0 Å². The van der Waals surface area contributed by atoms with Crippen LogP contribution in [0.25, 0.3) is 11.1 Å². The van der Waals surface area contributed by atoms with Crippen LogP contribution in [0.3, 0.4) is 0 Å². The first-order valence-electron chi connectivity index (χ1n) is 11.2. The number of carbonyl (C=O) groups is 3. The summed E-state index contributed by atoms with van der Waals surface area (Å²) in [5, 5.41) is 11.9. The van der Waals surface area contributed by atoms with Gasteiger partial charge < -0.3 is 20.1 Å². The maximum absolute atomic E-state index is 13.2. The van der Waals surface area contributed by atoms with Crippen molar-refractivity contribution in [3.05, 3.63) is 59.7 Å². The molecule has 1 aliphatic carbocycles. The van der Waals surface area contributed by atoms with Crippen molar-refractivity contribution in [2.24, 2.45) is 5.92 Å². The second-order valence-electron chi connectivity index (χ2n) is 9.68. The number of aliphatic carboxylic acids is 1. The van der Waals surface area contributed by atoms with Crippen molar-refractivity contribution in [3.63, 3.8) is 0 Å². The van der Waals surface area contributed by atoms with Crippen LogP contribution in [0.1, 0.15) is 51.7 Å². The average Bonchev–Trinajstić information content (AvgIpc) is 3.06. The van der Waals surface area contributed by atoms with Gasteiger partial charge in [0, 0.05) is 11.5 Å². The van der Waals surface area contributed by atoms with Crippen LogP contribution in [0, 0.1) is 5.92 Å². The van der Waals surface area contributed by atoms with Crippen molar-refractivity contribution in [3.8, 4) is 11.1 Å². The van der Waals surface area contributed by atoms with Crippen LogP contribution >= 0.6 is 0 Å². The minimum Gasteiger partial charge on any atom is -0.480 e. The second kappa shape index (κ2) is 9.65. The van der Waals surface area contributed by atoms with Crippen molar-refractivity contribution < 1.29 is 24.2 Å². The minimum atomic E-state index is -1.11. The molecule has 0 heterocycles. The Balaban J connectivity index is 1.72. The van der Waals surface area contributed by atoms with E-state index in [1.54, 1.807) is 34.6 Å². The highest BCUT2D eigenvalue weighted by molar-refractivity contribution is 5.89. The van der Waals surface area contributed by atoms with E-state index >= 15 is 0 Å². The molecule has 7 nitrogen and oxygen atoms in total. The molecule has 2 aromatic rings. The molecule has 0 aliphatic heterocycles. The van der Waals surface area contributed by atoms with Crippen molar-refractivity contribution in [2.45, 2.75) is 52.1 Å². The molecule has 0 fully saturated rings. The predicted molar refractivity (Wildman–Crippen MR) is 126 cm³/mol. The second-order valence-corrected chi connectivity index (χ2v) is 9.68. The van der Waals surface area contributed by atoms with Gasteiger partial charge in [0.1, 0.15) is 19.2 Å². The van der Waals surface area contributed by atoms with Crippen molar-refractivity contribution in [1.82, 2.24) is 10.2 Å². The van der Waals surface area contributed by atoms with Crippen LogP contribution in [-0.2, 0) is 14.3 Å². The highest BCUT2D eigenvalue weighted by Crippen LogP contribution is 2.44. The summed E-state index contributed by atoms with van der Waals surface area (Å²) in [6.45, 7) is 8.58. The van der Waals surface area contributed by atoms with Gasteiger partial charge in [0.15, 0.2) is 0 Å². The molecule has 1 atom stereocenters. The zero-order valence-electron chi connectivity index (χ0n) is 19.8. The van der Waals surface area contributed by atoms with Crippen LogP contribution in [0.4, 0.5) is 4.79 Å². The van der Waals surface area contributed by atoms with Crippen LogP contribution in [0.15, 0.2) is 48.5 Å². The van der Waals surface area contributed by atoms with Gasteiger partial charge in [-0.3, -0.25) is 9.59 Å². The number of carboxylic acids is 1. The number of carboxylic acid groups (broad SMARTS) is 1. The first-order valence-corrected chi connectivity index (χ1v) is 11.2. The van der Waals surface area contributed by atoms with E-state index in [1.165, 1.54) is 4.90 Å². The molecule has 2 N–H and O–H groups in total. The normalized spacial score (nSPS) is 13.8. The zero-order chi connectivity index (χ0) is 24.3. The third-order valence-electron chi connectivity index (χ3n) is 5.92. The molecule has 0 radical (unpaired) electrons. The number of hydrogen-bond acceptors (Lipinski definition) is 4. The standard InChI is InChI=1S/C26H32N2O5/c1-16(2)23(24(31)28(14-22(29)30)26(3,4)5)27-25(32)33-15-21-19-12-8-6-10-17(19)18-11-7-9-13-20(18)21/h6-13,16,21,23H,14-15H2,1-5H3,(H,27,32)(H,29,30). The fourth-order valence-corrected chi connectivity index (χ4v) is 4.23. The molecule has 2 aromatic carbocycles. The Labute approximate surface area is 194 Å². The van der Waals surface area contributed by atoms with E-state index in [1.807, 2.05) is 36.4 Å². The number of alkyl carbamates (subject to hydrolysis) is 1. The molecule has 176 valence electrons. The topological polar surface area (TPSA) is 95.9 Å². The Bertz CT molecular complexity index is 995. The number of hydrogen-bond donors (Lipinski definition) is 2. The molecular formula is C26H32N2O5. The Morgan fingerprint density at radius 2 is 1.52 bits per heavy atom. The smallest absolute Gasteiger partial charge is 0.407 e. The van der Waals surface area contributed by atoms with Crippen LogP contribution in [0.2, 0.25) is 0 Å². The number of nitrogens with one attached hydrogen (secondary N) is 1. The molecule has 0 saturated heterocycles. The van der Waals surface area contributed by atoms with Gasteiger partial charge in [-0.2, -0.15) is 0 Å². The third-order valence-corrected chi connectivity index (χ3v) is 5.92. The number of ether oxygens (including phenoxy) is 1. The van der Waals surface area contributed by atoms with Crippen molar-refractivity contribution >= 4 is 18.0 Å². The summed E-state index contributed by atoms with van der Waals surface area (Å²) in [7, 11) is 0. The van der Waals surface area contributed by atoms with Gasteiger partial charge in [-0.05, 0) is 48.9 Å². The summed E-state index contributed by atoms with van der Waals surface area (Å²) < 4.78 is 5.58. The quantitative estimate of drug-likeness (QED) is 0.654. The largest absolute Gasteiger partial charge is 0.480 e. The maximum atomic E-state index is 13.2. The lowest BCUT2D eigenvalue weighted by molar-refractivity contribution is -0.149. The van der Waals surface area contributed by atoms with E-state index in [4.69, 9.17) is 4.74 Å². The summed E-state index contributed by atoms with van der Waals surface area (Å²) >= 11 is 0. The summed E-state index contributed by atoms with van der Waals surface area (Å²) in [5.41, 5.74) is 3.75. The highest BCUT2D eigenvalue weighted by Gasteiger charge is 2.36. The van der Waals surface area contributed by atoms with Gasteiger partial charge in [-0.15, -0.1) is 0 Å². The third kappa shape index (κ3) is 5.35. The molecule has 3 rings (SSSR count). The first-order chi connectivity index (χ1) is 15.5. The van der Waals surface area contributed by atoms with Gasteiger partial charge in [0.2, 0.25) is 5.91 Å². The number of carbonyl (C=O) groups excluding carboxylic acids is 2. The number of amides is 2. The van der Waals surface area contributed by atoms with Gasteiger partial charge in [0.05, 0.1) is 0 Å². The lowest BCUT2D eigenvalue weighted by atomic mass is 9.98. The van der Waals surface area contributed by atoms with Gasteiger partial charge in [0.25, 0.3) is 0 Å². The van der Waals surface area contributed by atoms with Crippen molar-refractivity contribution in [2.75, 3.05) is 13.2 Å². The minimum absolute atomic E-state index is 0.0885. The maximum Gasteiger partial charge on any atom is 0.407 e. The number of benzene rings is 2. The fourth-order valence-electron chi connectivity index (χ4n) is 4.23. The number of rotatable bonds is 7. The summed E-state index contributed by atoms with van der Waals surface area (Å²) in [6, 6.07) is 15.2. The molecule has 7 heteroatoms. The zero-order valence-corrected chi connectivity index (χ0v) is 19.8. The first kappa shape index (κ1) is 24.3. The molecule has 0 bridgehead atoms. The molecule has 0 aromatic heterocycles. The van der Waals surface area contributed by atoms with Crippen LogP contribution < -0.4 is 5.32 Å². The SMILES string of the molecule is CC(C)C(NC(=O)OCC1c2ccccc2-c2ccccc21)C(=O)N(CC(=O)O)C(C)(C)C. The molecule has 2 amide bonds. The number of fused-ring (bicyclic) bond motifs is 3. The molecule has 1 aliphatic rings. The monoisotopic (exact) mass is 452 g/mol. The van der Waals surface area contributed by atoms with E-state index in [9.17, 15) is 19.5 Å². The molecule has 1 unspecified atom stereocenters. The van der Waals surface area contributed by atoms with Crippen LogP contribution in [-0.4, -0.2) is 52.7 Å². The lowest BCUT2D eigenvalue weighted by Crippen LogP contribution is -2.57. The lowest BCUT2D eigenvalue weighted by Gasteiger charge is -2.37. The Hall–Kier alpha value is -3.35. The Morgan fingerprint density at radius 1 is 1.00 bits per heavy atom. The summed E-state index contributed by atoms with van der Waals surface area (Å²) in [5.74, 6) is -1.90. The summed E-state index contributed by atoms with van der Waals surface area (Å²) in [4.78, 5) is 38.5. The summed E-state index contributed by atoms with van der Waals surface area (Å²) in [6.07, 6.45) is -0.701.